The smallest absolute Gasteiger partial charge is 0.408 e. The molecular weight excluding hydrogens is 172 g/mol. The molecule has 0 aromatic carbocycles. The molecule has 1 atom stereocenters. The summed E-state index contributed by atoms with van der Waals surface area (Å²) in [5.41, 5.74) is 4.36. The number of nitrogens with one attached hydrogen (secondary N) is 1. The molecule has 0 aromatic heterocycles. The van der Waals surface area contributed by atoms with E-state index < -0.39 is 11.8 Å². The van der Waals surface area contributed by atoms with Crippen LogP contribution in [0.4, 0.5) is 4.79 Å². The third kappa shape index (κ3) is 2.69. The quantitative estimate of drug-likeness (QED) is 0.622. The second-order valence-electron chi connectivity index (χ2n) is 3.20. The monoisotopic (exact) mass is 188 g/mol. The summed E-state index contributed by atoms with van der Waals surface area (Å²) in [7, 11) is 1.22. The maximum atomic E-state index is 11.2. The summed E-state index contributed by atoms with van der Waals surface area (Å²) in [6.07, 6.45) is -0.702. The second-order valence-corrected chi connectivity index (χ2v) is 3.20. The highest BCUT2D eigenvalue weighted by Crippen LogP contribution is 2.11. The molecular formula is C8H16N2O3. The molecule has 5 nitrogen and oxygen atoms in total. The van der Waals surface area contributed by atoms with Gasteiger partial charge in [0.25, 0.3) is 0 Å². The third-order valence-corrected chi connectivity index (χ3v) is 1.99. The Kier molecular flexibility index (Phi) is 3.87. The van der Waals surface area contributed by atoms with E-state index in [0.717, 1.165) is 0 Å². The van der Waals surface area contributed by atoms with E-state index in [1.54, 1.807) is 13.8 Å². The van der Waals surface area contributed by atoms with Gasteiger partial charge in [-0.2, -0.15) is 0 Å². The molecule has 3 N–H and O–H groups in total. The van der Waals surface area contributed by atoms with Gasteiger partial charge in [-0.25, -0.2) is 4.79 Å². The van der Waals surface area contributed by atoms with Gasteiger partial charge in [0.05, 0.1) is 7.11 Å². The molecule has 0 heterocycles. The van der Waals surface area contributed by atoms with Crippen molar-refractivity contribution in [3.63, 3.8) is 0 Å². The van der Waals surface area contributed by atoms with Gasteiger partial charge in [-0.3, -0.25) is 10.1 Å². The number of carbonyl (C=O) groups is 2. The lowest BCUT2D eigenvalue weighted by Gasteiger charge is -2.30. The first kappa shape index (κ1) is 11.9. The highest BCUT2D eigenvalue weighted by molar-refractivity contribution is 5.89. The van der Waals surface area contributed by atoms with Crippen molar-refractivity contribution in [3.05, 3.63) is 0 Å². The van der Waals surface area contributed by atoms with E-state index in [9.17, 15) is 9.59 Å². The Morgan fingerprint density at radius 3 is 2.15 bits per heavy atom. The highest BCUT2D eigenvalue weighted by Gasteiger charge is 2.36. The van der Waals surface area contributed by atoms with E-state index in [1.807, 2.05) is 0 Å². The zero-order chi connectivity index (χ0) is 10.6. The number of hydrogen-bond acceptors (Lipinski definition) is 4. The summed E-state index contributed by atoms with van der Waals surface area (Å²) in [6, 6.07) is 0. The molecule has 0 spiro atoms. The molecule has 0 aliphatic heterocycles. The van der Waals surface area contributed by atoms with Crippen LogP contribution in [0.2, 0.25) is 0 Å². The van der Waals surface area contributed by atoms with Gasteiger partial charge in [0.15, 0.2) is 11.4 Å². The first-order chi connectivity index (χ1) is 5.84. The minimum Gasteiger partial charge on any atom is -0.453 e. The average molecular weight is 188 g/mol. The topological polar surface area (TPSA) is 81.4 Å². The number of rotatable bonds is 3. The van der Waals surface area contributed by atoms with Crippen molar-refractivity contribution < 1.29 is 14.3 Å². The van der Waals surface area contributed by atoms with Crippen LogP contribution in [-0.4, -0.2) is 24.6 Å². The molecule has 0 radical (unpaired) electrons. The maximum absolute atomic E-state index is 11.2. The fourth-order valence-electron chi connectivity index (χ4n) is 0.859. The molecule has 0 bridgehead atoms. The lowest BCUT2D eigenvalue weighted by molar-refractivity contribution is -0.124. The molecule has 0 saturated heterocycles. The Morgan fingerprint density at radius 2 is 1.92 bits per heavy atom. The van der Waals surface area contributed by atoms with Gasteiger partial charge in [0.2, 0.25) is 0 Å². The summed E-state index contributed by atoms with van der Waals surface area (Å²) in [4.78, 5) is 22.0. The lowest BCUT2D eigenvalue weighted by atomic mass is 9.93. The maximum Gasteiger partial charge on any atom is 0.408 e. The summed E-state index contributed by atoms with van der Waals surface area (Å²) in [5, 5.41) is 2.31. The van der Waals surface area contributed by atoms with Crippen molar-refractivity contribution >= 4 is 11.9 Å². The van der Waals surface area contributed by atoms with E-state index in [0.29, 0.717) is 0 Å². The molecule has 13 heavy (non-hydrogen) atoms. The van der Waals surface area contributed by atoms with Crippen molar-refractivity contribution in [3.8, 4) is 0 Å². The number of nitrogens with two attached hydrogens (primary N) is 1. The summed E-state index contributed by atoms with van der Waals surface area (Å²) < 4.78 is 4.36. The molecule has 1 amide bonds. The third-order valence-electron chi connectivity index (χ3n) is 1.99. The fourth-order valence-corrected chi connectivity index (χ4v) is 0.859. The molecule has 0 aliphatic rings. The van der Waals surface area contributed by atoms with Crippen LogP contribution in [-0.2, 0) is 9.53 Å². The summed E-state index contributed by atoms with van der Waals surface area (Å²) >= 11 is 0. The van der Waals surface area contributed by atoms with Crippen LogP contribution in [0.1, 0.15) is 20.8 Å². The zero-order valence-electron chi connectivity index (χ0n) is 8.38. The van der Waals surface area contributed by atoms with Crippen molar-refractivity contribution in [2.24, 2.45) is 11.7 Å². The predicted molar refractivity (Wildman–Crippen MR) is 48.0 cm³/mol. The van der Waals surface area contributed by atoms with Crippen LogP contribution in [0.15, 0.2) is 0 Å². The van der Waals surface area contributed by atoms with Gasteiger partial charge in [-0.1, -0.05) is 13.8 Å². The number of methoxy groups -OCH3 is 1. The minimum absolute atomic E-state index is 0.191. The zero-order valence-corrected chi connectivity index (χ0v) is 8.38. The molecule has 0 unspecified atom stereocenters. The summed E-state index contributed by atoms with van der Waals surface area (Å²) in [6.45, 7) is 4.82. The number of ketones is 1. The van der Waals surface area contributed by atoms with Crippen LogP contribution in [0, 0.1) is 5.92 Å². The van der Waals surface area contributed by atoms with Crippen molar-refractivity contribution in [1.29, 1.82) is 0 Å². The van der Waals surface area contributed by atoms with Crippen LogP contribution in [0.25, 0.3) is 0 Å². The minimum atomic E-state index is -1.34. The van der Waals surface area contributed by atoms with Crippen molar-refractivity contribution in [2.45, 2.75) is 26.4 Å². The molecule has 5 heteroatoms. The largest absolute Gasteiger partial charge is 0.453 e. The molecule has 0 saturated carbocycles. The van der Waals surface area contributed by atoms with Crippen LogP contribution in [0.5, 0.6) is 0 Å². The number of carbonyl (C=O) groups excluding carboxylic acids is 2. The van der Waals surface area contributed by atoms with Gasteiger partial charge in [-0.15, -0.1) is 0 Å². The van der Waals surface area contributed by atoms with Crippen molar-refractivity contribution in [1.82, 2.24) is 5.32 Å². The van der Waals surface area contributed by atoms with Gasteiger partial charge >= 0.3 is 6.09 Å². The molecule has 0 aromatic rings. The van der Waals surface area contributed by atoms with E-state index in [4.69, 9.17) is 5.73 Å². The molecule has 0 aliphatic carbocycles. The predicted octanol–water partition coefficient (Wildman–Crippen LogP) is 0.242. The molecule has 0 fully saturated rings. The standard InChI is InChI=1S/C8H16N2O3/c1-5(2)8(9,6(3)11)10-7(12)13-4/h5H,9H2,1-4H3,(H,10,12)/t8-/m0/s1. The Labute approximate surface area is 77.6 Å². The number of alkyl carbamates (subject to hydrolysis) is 1. The van der Waals surface area contributed by atoms with Gasteiger partial charge in [0, 0.05) is 0 Å². The summed E-state index contributed by atoms with van der Waals surface area (Å²) in [5.74, 6) is -0.489. The first-order valence-corrected chi connectivity index (χ1v) is 4.00. The Hall–Kier alpha value is -1.10. The van der Waals surface area contributed by atoms with E-state index in [2.05, 4.69) is 10.1 Å². The van der Waals surface area contributed by atoms with Crippen LogP contribution < -0.4 is 11.1 Å². The molecule has 76 valence electrons. The van der Waals surface area contributed by atoms with Gasteiger partial charge in [-0.05, 0) is 12.8 Å². The Morgan fingerprint density at radius 1 is 1.46 bits per heavy atom. The number of amides is 1. The van der Waals surface area contributed by atoms with Gasteiger partial charge < -0.3 is 10.5 Å². The fraction of sp³-hybridized carbons (Fsp3) is 0.750. The van der Waals surface area contributed by atoms with Gasteiger partial charge in [0.1, 0.15) is 0 Å². The average Bonchev–Trinajstić information content (AvgIpc) is 2.03. The highest BCUT2D eigenvalue weighted by atomic mass is 16.5. The SMILES string of the molecule is COC(=O)N[C@](N)(C(C)=O)C(C)C. The number of ether oxygens (including phenoxy) is 1. The van der Waals surface area contributed by atoms with E-state index >= 15 is 0 Å². The number of Topliss-reactive ketones (excluding diaryl/α,β-unsaturated/α-hetero) is 1. The first-order valence-electron chi connectivity index (χ1n) is 4.00. The Balaban J connectivity index is 4.61. The van der Waals surface area contributed by atoms with E-state index in [-0.39, 0.29) is 11.7 Å². The van der Waals surface area contributed by atoms with Crippen LogP contribution in [0.3, 0.4) is 0 Å². The lowest BCUT2D eigenvalue weighted by Crippen LogP contribution is -2.64. The van der Waals surface area contributed by atoms with Crippen LogP contribution >= 0.6 is 0 Å². The Bertz CT molecular complexity index is 215. The van der Waals surface area contributed by atoms with E-state index in [1.165, 1.54) is 14.0 Å². The molecule has 0 rings (SSSR count). The normalized spacial score (nSPS) is 14.9. The number of hydrogen-bond donors (Lipinski definition) is 2. The van der Waals surface area contributed by atoms with Crippen molar-refractivity contribution in [2.75, 3.05) is 7.11 Å². The second kappa shape index (κ2) is 4.23.